The standard InChI is InChI=1S/C15H29B/c1-14(2,3)15(16)12-10-8-6-4-5-7-9-11-13-15/h4-13H2,1-3H3. The summed E-state index contributed by atoms with van der Waals surface area (Å²) in [5.74, 6) is 0. The summed E-state index contributed by atoms with van der Waals surface area (Å²) in [4.78, 5) is 0. The summed E-state index contributed by atoms with van der Waals surface area (Å²) in [5, 5.41) is 0.0668. The highest BCUT2D eigenvalue weighted by molar-refractivity contribution is 6.15. The third-order valence-corrected chi connectivity index (χ3v) is 4.49. The molecule has 0 aliphatic heterocycles. The van der Waals surface area contributed by atoms with Crippen molar-refractivity contribution in [2.45, 2.75) is 90.3 Å². The van der Waals surface area contributed by atoms with Crippen LogP contribution in [0.4, 0.5) is 0 Å². The molecule has 16 heavy (non-hydrogen) atoms. The van der Waals surface area contributed by atoms with Crippen molar-refractivity contribution in [3.05, 3.63) is 0 Å². The Kier molecular flexibility index (Phi) is 5.40. The lowest BCUT2D eigenvalue weighted by atomic mass is 9.50. The average molecular weight is 220 g/mol. The van der Waals surface area contributed by atoms with Crippen molar-refractivity contribution >= 4 is 7.85 Å². The number of hydrogen-bond acceptors (Lipinski definition) is 0. The van der Waals surface area contributed by atoms with Gasteiger partial charge in [0.05, 0.1) is 7.85 Å². The second kappa shape index (κ2) is 6.12. The van der Waals surface area contributed by atoms with E-state index in [9.17, 15) is 0 Å². The predicted molar refractivity (Wildman–Crippen MR) is 74.1 cm³/mol. The van der Waals surface area contributed by atoms with Gasteiger partial charge in [0.2, 0.25) is 0 Å². The van der Waals surface area contributed by atoms with E-state index >= 15 is 0 Å². The van der Waals surface area contributed by atoms with Gasteiger partial charge in [0.25, 0.3) is 0 Å². The second-order valence-corrected chi connectivity index (χ2v) is 6.73. The van der Waals surface area contributed by atoms with Crippen LogP contribution in [-0.4, -0.2) is 7.85 Å². The van der Waals surface area contributed by atoms with E-state index in [0.717, 1.165) is 0 Å². The molecule has 0 N–H and O–H groups in total. The van der Waals surface area contributed by atoms with Crippen molar-refractivity contribution in [1.82, 2.24) is 0 Å². The molecule has 0 amide bonds. The Morgan fingerprint density at radius 3 is 1.31 bits per heavy atom. The average Bonchev–Trinajstić information content (AvgIpc) is 2.22. The van der Waals surface area contributed by atoms with E-state index in [1.807, 2.05) is 0 Å². The number of rotatable bonds is 0. The fourth-order valence-corrected chi connectivity index (χ4v) is 2.82. The predicted octanol–water partition coefficient (Wildman–Crippen LogP) is 5.27. The Balaban J connectivity index is 2.57. The third kappa shape index (κ3) is 4.15. The third-order valence-electron chi connectivity index (χ3n) is 4.49. The minimum absolute atomic E-state index is 0.0668. The molecule has 0 aromatic carbocycles. The molecule has 1 heteroatoms. The van der Waals surface area contributed by atoms with Crippen molar-refractivity contribution in [3.63, 3.8) is 0 Å². The molecule has 1 aliphatic carbocycles. The topological polar surface area (TPSA) is 0 Å². The monoisotopic (exact) mass is 220 g/mol. The molecule has 1 aliphatic rings. The lowest BCUT2D eigenvalue weighted by Crippen LogP contribution is -2.29. The van der Waals surface area contributed by atoms with E-state index in [4.69, 9.17) is 7.85 Å². The maximum atomic E-state index is 6.68. The van der Waals surface area contributed by atoms with Gasteiger partial charge in [-0.25, -0.2) is 0 Å². The first kappa shape index (κ1) is 14.1. The zero-order chi connectivity index (χ0) is 12.1. The molecule has 92 valence electrons. The Hall–Kier alpha value is 0.0649. The Labute approximate surface area is 104 Å². The fraction of sp³-hybridized carbons (Fsp3) is 1.00. The van der Waals surface area contributed by atoms with E-state index in [1.165, 1.54) is 64.2 Å². The molecule has 0 atom stereocenters. The first-order valence-corrected chi connectivity index (χ1v) is 7.25. The maximum Gasteiger partial charge on any atom is 0.0753 e. The van der Waals surface area contributed by atoms with Crippen LogP contribution in [0, 0.1) is 5.41 Å². The highest BCUT2D eigenvalue weighted by Gasteiger charge is 2.35. The lowest BCUT2D eigenvalue weighted by molar-refractivity contribution is 0.223. The second-order valence-electron chi connectivity index (χ2n) is 6.73. The van der Waals surface area contributed by atoms with Crippen molar-refractivity contribution in [2.24, 2.45) is 5.41 Å². The van der Waals surface area contributed by atoms with Gasteiger partial charge in [-0.3, -0.25) is 0 Å². The van der Waals surface area contributed by atoms with Crippen LogP contribution in [0.15, 0.2) is 0 Å². The van der Waals surface area contributed by atoms with Gasteiger partial charge in [-0.1, -0.05) is 90.3 Å². The van der Waals surface area contributed by atoms with Gasteiger partial charge in [-0.05, 0) is 5.41 Å². The highest BCUT2D eigenvalue weighted by Crippen LogP contribution is 2.50. The van der Waals surface area contributed by atoms with Gasteiger partial charge in [-0.15, -0.1) is 0 Å². The van der Waals surface area contributed by atoms with Crippen LogP contribution in [-0.2, 0) is 0 Å². The zero-order valence-corrected chi connectivity index (χ0v) is 11.6. The summed E-state index contributed by atoms with van der Waals surface area (Å²) in [6, 6.07) is 0. The molecule has 0 heterocycles. The minimum atomic E-state index is 0.0668. The Bertz CT molecular complexity index is 178. The summed E-state index contributed by atoms with van der Waals surface area (Å²) in [5.41, 5.74) is 0.251. The van der Waals surface area contributed by atoms with Crippen LogP contribution in [0.3, 0.4) is 0 Å². The van der Waals surface area contributed by atoms with E-state index in [1.54, 1.807) is 0 Å². The van der Waals surface area contributed by atoms with Gasteiger partial charge in [-0.2, -0.15) is 0 Å². The van der Waals surface area contributed by atoms with Crippen LogP contribution >= 0.6 is 0 Å². The SMILES string of the molecule is [B]C1(C(C)(C)C)CCCCCCCCCC1. The van der Waals surface area contributed by atoms with Crippen molar-refractivity contribution < 1.29 is 0 Å². The summed E-state index contributed by atoms with van der Waals surface area (Å²) < 4.78 is 0. The van der Waals surface area contributed by atoms with Gasteiger partial charge >= 0.3 is 0 Å². The first-order valence-electron chi connectivity index (χ1n) is 7.25. The molecule has 0 aromatic rings. The van der Waals surface area contributed by atoms with E-state index < -0.39 is 0 Å². The summed E-state index contributed by atoms with van der Waals surface area (Å²) in [6.45, 7) is 6.94. The van der Waals surface area contributed by atoms with Crippen LogP contribution in [0.2, 0.25) is 5.31 Å². The Morgan fingerprint density at radius 2 is 1.00 bits per heavy atom. The van der Waals surface area contributed by atoms with Gasteiger partial charge in [0.1, 0.15) is 0 Å². The zero-order valence-electron chi connectivity index (χ0n) is 11.6. The molecular formula is C15H29B. The van der Waals surface area contributed by atoms with Crippen molar-refractivity contribution in [2.75, 3.05) is 0 Å². The lowest BCUT2D eigenvalue weighted by Gasteiger charge is -2.43. The molecule has 0 saturated heterocycles. The molecule has 0 nitrogen and oxygen atoms in total. The minimum Gasteiger partial charge on any atom is -0.0613 e. The van der Waals surface area contributed by atoms with Crippen LogP contribution in [0.5, 0.6) is 0 Å². The molecular weight excluding hydrogens is 191 g/mol. The van der Waals surface area contributed by atoms with Gasteiger partial charge < -0.3 is 0 Å². The smallest absolute Gasteiger partial charge is 0.0613 e. The Morgan fingerprint density at radius 1 is 0.688 bits per heavy atom. The van der Waals surface area contributed by atoms with Crippen LogP contribution in [0.1, 0.15) is 85.0 Å². The largest absolute Gasteiger partial charge is 0.0753 e. The van der Waals surface area contributed by atoms with Gasteiger partial charge in [0, 0.05) is 0 Å². The van der Waals surface area contributed by atoms with Crippen molar-refractivity contribution in [3.8, 4) is 0 Å². The summed E-state index contributed by atoms with van der Waals surface area (Å²) in [6.07, 6.45) is 13.6. The molecule has 2 radical (unpaired) electrons. The normalized spacial score (nSPS) is 24.7. The number of hydrogen-bond donors (Lipinski definition) is 0. The molecule has 1 rings (SSSR count). The molecule has 1 saturated carbocycles. The molecule has 0 spiro atoms. The fourth-order valence-electron chi connectivity index (χ4n) is 2.82. The molecule has 0 bridgehead atoms. The van der Waals surface area contributed by atoms with Crippen molar-refractivity contribution in [1.29, 1.82) is 0 Å². The van der Waals surface area contributed by atoms with E-state index in [2.05, 4.69) is 20.8 Å². The molecule has 0 unspecified atom stereocenters. The molecule has 1 fully saturated rings. The van der Waals surface area contributed by atoms with Crippen LogP contribution in [0.25, 0.3) is 0 Å². The summed E-state index contributed by atoms with van der Waals surface area (Å²) in [7, 11) is 6.68. The maximum absolute atomic E-state index is 6.68. The molecule has 0 aromatic heterocycles. The highest BCUT2D eigenvalue weighted by atomic mass is 14.4. The van der Waals surface area contributed by atoms with E-state index in [0.29, 0.717) is 0 Å². The first-order chi connectivity index (χ1) is 7.46. The summed E-state index contributed by atoms with van der Waals surface area (Å²) >= 11 is 0. The quantitative estimate of drug-likeness (QED) is 0.487. The van der Waals surface area contributed by atoms with Gasteiger partial charge in [0.15, 0.2) is 0 Å². The van der Waals surface area contributed by atoms with E-state index in [-0.39, 0.29) is 10.7 Å². The van der Waals surface area contributed by atoms with Crippen LogP contribution < -0.4 is 0 Å².